The Morgan fingerprint density at radius 1 is 0.860 bits per heavy atom. The maximum Gasteiger partial charge on any atom is 0.322 e. The van der Waals surface area contributed by atoms with Gasteiger partial charge in [-0.3, -0.25) is 19.2 Å². The number of ether oxygens (including phenoxy) is 3. The van der Waals surface area contributed by atoms with E-state index in [9.17, 15) is 24.4 Å². The fourth-order valence-electron chi connectivity index (χ4n) is 7.80. The van der Waals surface area contributed by atoms with E-state index in [2.05, 4.69) is 13.0 Å². The number of cyclic esters (lactones) is 4. The van der Waals surface area contributed by atoms with E-state index in [-0.39, 0.29) is 12.2 Å². The van der Waals surface area contributed by atoms with Gasteiger partial charge in [0.15, 0.2) is 0 Å². The maximum absolute atomic E-state index is 13.1. The molecule has 3 fully saturated rings. The zero-order valence-electron chi connectivity index (χ0n) is 24.5. The molecule has 8 heteroatoms. The summed E-state index contributed by atoms with van der Waals surface area (Å²) in [5.74, 6) is -4.92. The highest BCUT2D eigenvalue weighted by molar-refractivity contribution is 6.01. The van der Waals surface area contributed by atoms with Crippen molar-refractivity contribution in [3.63, 3.8) is 0 Å². The fourth-order valence-corrected chi connectivity index (χ4v) is 7.80. The minimum absolute atomic E-state index is 0.163. The van der Waals surface area contributed by atoms with Crippen molar-refractivity contribution in [2.75, 3.05) is 0 Å². The number of unbranched alkanes of at least 4 members (excludes halogenated alkanes) is 3. The van der Waals surface area contributed by atoms with Crippen LogP contribution in [0.4, 0.5) is 0 Å². The number of carbonyl (C=O) groups is 4. The molecule has 2 aliphatic heterocycles. The zero-order valence-corrected chi connectivity index (χ0v) is 24.5. The van der Waals surface area contributed by atoms with Gasteiger partial charge in [0.05, 0.1) is 23.8 Å². The topological polar surface area (TPSA) is 120 Å². The van der Waals surface area contributed by atoms with Crippen molar-refractivity contribution >= 4 is 23.9 Å². The van der Waals surface area contributed by atoms with Gasteiger partial charge in [0.1, 0.15) is 23.8 Å². The Balaban J connectivity index is 1.27. The quantitative estimate of drug-likeness (QED) is 0.194. The lowest BCUT2D eigenvalue weighted by Gasteiger charge is -2.40. The van der Waals surface area contributed by atoms with Crippen molar-refractivity contribution in [1.29, 1.82) is 5.26 Å². The summed E-state index contributed by atoms with van der Waals surface area (Å²) < 4.78 is 16.5. The van der Waals surface area contributed by atoms with Crippen LogP contribution in [0.25, 0.3) is 0 Å². The molecule has 0 N–H and O–H groups in total. The van der Waals surface area contributed by atoms with E-state index in [0.717, 1.165) is 24.3 Å². The van der Waals surface area contributed by atoms with Crippen molar-refractivity contribution in [2.24, 2.45) is 17.8 Å². The number of hydrogen-bond donors (Lipinski definition) is 0. The van der Waals surface area contributed by atoms with E-state index < -0.39 is 53.7 Å². The third-order valence-electron chi connectivity index (χ3n) is 9.99. The molecule has 5 atom stereocenters. The van der Waals surface area contributed by atoms with Crippen LogP contribution in [0, 0.1) is 29.1 Å². The number of benzene rings is 2. The summed E-state index contributed by atoms with van der Waals surface area (Å²) in [6, 6.07) is 14.9. The standard InChI is InChI=1S/C35H37NO7/c1-2-3-4-5-8-20-11-13-21(14-12-20)22-15-16-27(23(17-22)19-36)41-32-29(26-18-28(37)42-33(26)38)24-9-6-7-10-25(24)30-31(32)35(40)43-34(30)39/h6-7,9-10,15-17,20-21,26,29-32H,2-5,8,11-14,18H2,1H3. The van der Waals surface area contributed by atoms with Gasteiger partial charge >= 0.3 is 23.9 Å². The van der Waals surface area contributed by atoms with Gasteiger partial charge in [0.25, 0.3) is 0 Å². The zero-order chi connectivity index (χ0) is 30.1. The van der Waals surface area contributed by atoms with Crippen molar-refractivity contribution in [1.82, 2.24) is 0 Å². The Kier molecular flexibility index (Phi) is 8.34. The molecule has 0 bridgehead atoms. The predicted octanol–water partition coefficient (Wildman–Crippen LogP) is 6.22. The van der Waals surface area contributed by atoms with Crippen molar-refractivity contribution in [3.05, 3.63) is 64.7 Å². The van der Waals surface area contributed by atoms with E-state index in [1.54, 1.807) is 30.3 Å². The number of fused-ring (bicyclic) bond motifs is 3. The molecule has 43 heavy (non-hydrogen) atoms. The van der Waals surface area contributed by atoms with Crippen molar-refractivity contribution < 1.29 is 33.4 Å². The van der Waals surface area contributed by atoms with E-state index in [1.165, 1.54) is 44.9 Å². The number of hydrogen-bond acceptors (Lipinski definition) is 8. The molecular weight excluding hydrogens is 546 g/mol. The molecule has 8 nitrogen and oxygen atoms in total. The van der Waals surface area contributed by atoms with E-state index in [0.29, 0.717) is 22.6 Å². The largest absolute Gasteiger partial charge is 0.487 e. The van der Waals surface area contributed by atoms with E-state index >= 15 is 0 Å². The second-order valence-corrected chi connectivity index (χ2v) is 12.5. The molecule has 2 aromatic rings. The summed E-state index contributed by atoms with van der Waals surface area (Å²) >= 11 is 0. The monoisotopic (exact) mass is 583 g/mol. The number of esters is 4. The first-order valence-corrected chi connectivity index (χ1v) is 15.7. The molecule has 5 unspecified atom stereocenters. The summed E-state index contributed by atoms with van der Waals surface area (Å²) in [7, 11) is 0. The third-order valence-corrected chi connectivity index (χ3v) is 9.99. The maximum atomic E-state index is 13.1. The number of nitrogens with zero attached hydrogens (tertiary/aromatic N) is 1. The summed E-state index contributed by atoms with van der Waals surface area (Å²) in [5, 5.41) is 10.2. The van der Waals surface area contributed by atoms with E-state index in [1.807, 2.05) is 12.1 Å². The van der Waals surface area contributed by atoms with Crippen LogP contribution in [-0.4, -0.2) is 30.0 Å². The Labute approximate surface area is 251 Å². The molecular formula is C35H37NO7. The van der Waals surface area contributed by atoms with Crippen molar-refractivity contribution in [2.45, 2.75) is 95.0 Å². The Morgan fingerprint density at radius 3 is 2.33 bits per heavy atom. The van der Waals surface area contributed by atoms with Crippen molar-refractivity contribution in [3.8, 4) is 11.8 Å². The molecule has 6 rings (SSSR count). The van der Waals surface area contributed by atoms with Gasteiger partial charge in [-0.15, -0.1) is 0 Å². The average molecular weight is 584 g/mol. The molecule has 224 valence electrons. The highest BCUT2D eigenvalue weighted by Gasteiger charge is 2.60. The van der Waals surface area contributed by atoms with Crippen LogP contribution in [0.3, 0.4) is 0 Å². The van der Waals surface area contributed by atoms with Crippen LogP contribution in [-0.2, 0) is 28.7 Å². The summed E-state index contributed by atoms with van der Waals surface area (Å²) in [6.07, 6.45) is 9.81. The normalized spacial score (nSPS) is 29.8. The second-order valence-electron chi connectivity index (χ2n) is 12.5. The van der Waals surface area contributed by atoms with Gasteiger partial charge in [-0.2, -0.15) is 5.26 Å². The lowest BCUT2D eigenvalue weighted by atomic mass is 9.65. The second kappa shape index (κ2) is 12.3. The minimum Gasteiger partial charge on any atom is -0.487 e. The van der Waals surface area contributed by atoms with Gasteiger partial charge in [-0.1, -0.05) is 69.4 Å². The highest BCUT2D eigenvalue weighted by atomic mass is 16.6. The van der Waals surface area contributed by atoms with E-state index in [4.69, 9.17) is 14.2 Å². The first kappa shape index (κ1) is 29.1. The molecule has 0 radical (unpaired) electrons. The Morgan fingerprint density at radius 2 is 1.63 bits per heavy atom. The molecule has 0 aromatic heterocycles. The van der Waals surface area contributed by atoms with Gasteiger partial charge in [0, 0.05) is 5.92 Å². The Bertz CT molecular complexity index is 1470. The smallest absolute Gasteiger partial charge is 0.322 e. The van der Waals surface area contributed by atoms with Crippen LogP contribution >= 0.6 is 0 Å². The number of nitriles is 1. The van der Waals surface area contributed by atoms with Crippen LogP contribution in [0.5, 0.6) is 5.75 Å². The molecule has 2 saturated heterocycles. The van der Waals surface area contributed by atoms with Crippen LogP contribution < -0.4 is 4.74 Å². The molecule has 4 aliphatic rings. The molecule has 1 saturated carbocycles. The van der Waals surface area contributed by atoms with Gasteiger partial charge in [-0.25, -0.2) is 0 Å². The highest BCUT2D eigenvalue weighted by Crippen LogP contribution is 2.52. The summed E-state index contributed by atoms with van der Waals surface area (Å²) in [5.41, 5.74) is 2.64. The lowest BCUT2D eigenvalue weighted by molar-refractivity contribution is -0.156. The van der Waals surface area contributed by atoms with Crippen LogP contribution in [0.1, 0.15) is 111 Å². The first-order valence-electron chi connectivity index (χ1n) is 15.7. The van der Waals surface area contributed by atoms with Gasteiger partial charge in [-0.05, 0) is 66.3 Å². The number of carbonyl (C=O) groups excluding carboxylic acids is 4. The minimum atomic E-state index is -1.03. The SMILES string of the molecule is CCCCCCC1CCC(c2ccc(OC3C4C(=O)OC(=O)C4c4ccccc4C3C3CC(=O)OC3=O)c(C#N)c2)CC1. The van der Waals surface area contributed by atoms with Crippen LogP contribution in [0.2, 0.25) is 0 Å². The lowest BCUT2D eigenvalue weighted by Crippen LogP contribution is -2.46. The Hall–Kier alpha value is -3.99. The van der Waals surface area contributed by atoms with Crippen LogP contribution in [0.15, 0.2) is 42.5 Å². The molecule has 2 heterocycles. The predicted molar refractivity (Wildman–Crippen MR) is 155 cm³/mol. The fraction of sp³-hybridized carbons (Fsp3) is 0.514. The number of rotatable bonds is 9. The molecule has 0 amide bonds. The average Bonchev–Trinajstić information content (AvgIpc) is 3.51. The summed E-state index contributed by atoms with van der Waals surface area (Å²) in [4.78, 5) is 51.0. The molecule has 2 aromatic carbocycles. The van der Waals surface area contributed by atoms with Gasteiger partial charge in [0.2, 0.25) is 0 Å². The summed E-state index contributed by atoms with van der Waals surface area (Å²) in [6.45, 7) is 2.23. The van der Waals surface area contributed by atoms with Gasteiger partial charge < -0.3 is 14.2 Å². The molecule has 2 aliphatic carbocycles. The third kappa shape index (κ3) is 5.58. The first-order chi connectivity index (χ1) is 20.9. The molecule has 0 spiro atoms.